The van der Waals surface area contributed by atoms with Crippen LogP contribution in [0.3, 0.4) is 0 Å². The zero-order valence-corrected chi connectivity index (χ0v) is 17.4. The van der Waals surface area contributed by atoms with Crippen LogP contribution in [0.4, 0.5) is 5.69 Å². The van der Waals surface area contributed by atoms with Crippen LogP contribution in [0.1, 0.15) is 43.5 Å². The van der Waals surface area contributed by atoms with E-state index < -0.39 is 17.0 Å². The molecule has 0 radical (unpaired) electrons. The zero-order chi connectivity index (χ0) is 21.5. The molecular weight excluding hydrogens is 384 g/mol. The topological polar surface area (TPSA) is 81.9 Å². The summed E-state index contributed by atoms with van der Waals surface area (Å²) in [4.78, 5) is 25.4. The van der Waals surface area contributed by atoms with E-state index in [-0.39, 0.29) is 17.9 Å². The number of likely N-dealkylation sites (tertiary alicyclic amines) is 1. The highest BCUT2D eigenvalue weighted by Crippen LogP contribution is 2.23. The second-order valence-corrected chi connectivity index (χ2v) is 7.78. The smallest absolute Gasteiger partial charge is 0.338 e. The number of carbonyl (C=O) groups is 1. The highest BCUT2D eigenvalue weighted by Gasteiger charge is 2.29. The van der Waals surface area contributed by atoms with E-state index in [4.69, 9.17) is 9.47 Å². The minimum atomic E-state index is -0.510. The number of para-hydroxylation sites is 1. The minimum Gasteiger partial charge on any atom is -0.490 e. The molecule has 1 saturated heterocycles. The normalized spacial score (nSPS) is 20.3. The molecule has 1 fully saturated rings. The van der Waals surface area contributed by atoms with Crippen LogP contribution in [-0.4, -0.2) is 47.1 Å². The van der Waals surface area contributed by atoms with Gasteiger partial charge in [0.15, 0.2) is 0 Å². The van der Waals surface area contributed by atoms with Gasteiger partial charge in [0.2, 0.25) is 0 Å². The number of piperidine rings is 1. The van der Waals surface area contributed by atoms with Crippen LogP contribution in [0, 0.1) is 10.1 Å². The van der Waals surface area contributed by atoms with Gasteiger partial charge >= 0.3 is 5.97 Å². The van der Waals surface area contributed by atoms with E-state index in [1.807, 2.05) is 30.3 Å². The molecule has 0 spiro atoms. The van der Waals surface area contributed by atoms with Crippen LogP contribution >= 0.6 is 0 Å². The maximum absolute atomic E-state index is 12.7. The van der Waals surface area contributed by atoms with Gasteiger partial charge in [-0.3, -0.25) is 15.0 Å². The number of hydrogen-bond donors (Lipinski definition) is 0. The third-order valence-electron chi connectivity index (χ3n) is 5.56. The molecule has 160 valence electrons. The summed E-state index contributed by atoms with van der Waals surface area (Å²) in [6, 6.07) is 15.7. The van der Waals surface area contributed by atoms with Gasteiger partial charge in [-0.05, 0) is 51.0 Å². The predicted octanol–water partition coefficient (Wildman–Crippen LogP) is 4.46. The van der Waals surface area contributed by atoms with Gasteiger partial charge in [-0.15, -0.1) is 0 Å². The summed E-state index contributed by atoms with van der Waals surface area (Å²) in [5, 5.41) is 10.8. The summed E-state index contributed by atoms with van der Waals surface area (Å²) in [5.74, 6) is 0.206. The highest BCUT2D eigenvalue weighted by atomic mass is 16.6. The number of nitro benzene ring substituents is 1. The van der Waals surface area contributed by atoms with Gasteiger partial charge in [0.1, 0.15) is 18.5 Å². The molecule has 2 aromatic rings. The van der Waals surface area contributed by atoms with Gasteiger partial charge in [0.05, 0.1) is 10.5 Å². The maximum atomic E-state index is 12.7. The third kappa shape index (κ3) is 5.79. The Morgan fingerprint density at radius 2 is 1.73 bits per heavy atom. The lowest BCUT2D eigenvalue weighted by molar-refractivity contribution is -0.384. The van der Waals surface area contributed by atoms with Crippen molar-refractivity contribution in [3.05, 3.63) is 70.3 Å². The van der Waals surface area contributed by atoms with E-state index in [1.54, 1.807) is 0 Å². The summed E-state index contributed by atoms with van der Waals surface area (Å²) in [6.07, 6.45) is 2.97. The number of esters is 1. The van der Waals surface area contributed by atoms with Gasteiger partial charge in [0, 0.05) is 30.8 Å². The van der Waals surface area contributed by atoms with E-state index in [0.29, 0.717) is 24.4 Å². The van der Waals surface area contributed by atoms with Crippen molar-refractivity contribution in [1.82, 2.24) is 4.90 Å². The van der Waals surface area contributed by atoms with Crippen molar-refractivity contribution in [2.45, 2.75) is 51.3 Å². The molecule has 7 heteroatoms. The first-order valence-corrected chi connectivity index (χ1v) is 10.3. The van der Waals surface area contributed by atoms with Gasteiger partial charge in [-0.1, -0.05) is 24.6 Å². The van der Waals surface area contributed by atoms with Crippen molar-refractivity contribution in [3.8, 4) is 5.75 Å². The largest absolute Gasteiger partial charge is 0.490 e. The molecule has 0 N–H and O–H groups in total. The Hall–Kier alpha value is -2.93. The Labute approximate surface area is 176 Å². The molecule has 2 aromatic carbocycles. The Balaban J connectivity index is 1.70. The van der Waals surface area contributed by atoms with E-state index in [2.05, 4.69) is 18.7 Å². The lowest BCUT2D eigenvalue weighted by Crippen LogP contribution is -2.49. The molecule has 0 bridgehead atoms. The number of hydrogen-bond acceptors (Lipinski definition) is 6. The van der Waals surface area contributed by atoms with Crippen LogP contribution in [0.5, 0.6) is 5.75 Å². The quantitative estimate of drug-likeness (QED) is 0.362. The molecule has 30 heavy (non-hydrogen) atoms. The summed E-state index contributed by atoms with van der Waals surface area (Å²) in [7, 11) is 0. The van der Waals surface area contributed by atoms with Crippen molar-refractivity contribution in [3.63, 3.8) is 0 Å². The molecule has 0 aliphatic carbocycles. The molecule has 0 amide bonds. The second kappa shape index (κ2) is 10.2. The van der Waals surface area contributed by atoms with Crippen LogP contribution in [0.15, 0.2) is 54.6 Å². The molecule has 1 heterocycles. The first kappa shape index (κ1) is 21.8. The highest BCUT2D eigenvalue weighted by molar-refractivity contribution is 5.89. The fraction of sp³-hybridized carbons (Fsp3) is 0.435. The molecular formula is C23H28N2O5. The van der Waals surface area contributed by atoms with Gasteiger partial charge in [-0.25, -0.2) is 4.79 Å². The van der Waals surface area contributed by atoms with E-state index in [9.17, 15) is 14.9 Å². The van der Waals surface area contributed by atoms with Crippen LogP contribution < -0.4 is 4.74 Å². The third-order valence-corrected chi connectivity index (χ3v) is 5.56. The molecule has 1 aliphatic rings. The monoisotopic (exact) mass is 412 g/mol. The summed E-state index contributed by atoms with van der Waals surface area (Å²) >= 11 is 0. The fourth-order valence-corrected chi connectivity index (χ4v) is 3.84. The number of nitrogens with zero attached hydrogens (tertiary/aromatic N) is 2. The lowest BCUT2D eigenvalue weighted by Gasteiger charge is -2.40. The number of rotatable bonds is 8. The van der Waals surface area contributed by atoms with Crippen LogP contribution in [-0.2, 0) is 4.74 Å². The predicted molar refractivity (Wildman–Crippen MR) is 114 cm³/mol. The Morgan fingerprint density at radius 3 is 2.33 bits per heavy atom. The van der Waals surface area contributed by atoms with Gasteiger partial charge in [-0.2, -0.15) is 0 Å². The second-order valence-electron chi connectivity index (χ2n) is 7.78. The molecule has 1 aliphatic heterocycles. The van der Waals surface area contributed by atoms with E-state index in [1.165, 1.54) is 30.7 Å². The van der Waals surface area contributed by atoms with E-state index in [0.717, 1.165) is 12.8 Å². The van der Waals surface area contributed by atoms with Gasteiger partial charge < -0.3 is 9.47 Å². The first-order chi connectivity index (χ1) is 14.4. The van der Waals surface area contributed by atoms with Gasteiger partial charge in [0.25, 0.3) is 5.69 Å². The molecule has 0 saturated carbocycles. The molecule has 3 atom stereocenters. The molecule has 0 aromatic heterocycles. The molecule has 3 rings (SSSR count). The summed E-state index contributed by atoms with van der Waals surface area (Å²) in [5.41, 5.74) is 0.219. The number of non-ortho nitro benzene ring substituents is 1. The SMILES string of the molecule is CC1CCCC(C)N1CC(COc1ccccc1)OC(=O)c1ccc([N+](=O)[O-])cc1. The van der Waals surface area contributed by atoms with Crippen molar-refractivity contribution in [2.75, 3.05) is 13.2 Å². The fourth-order valence-electron chi connectivity index (χ4n) is 3.84. The first-order valence-electron chi connectivity index (χ1n) is 10.3. The summed E-state index contributed by atoms with van der Waals surface area (Å²) < 4.78 is 11.7. The van der Waals surface area contributed by atoms with Crippen molar-refractivity contribution in [1.29, 1.82) is 0 Å². The number of ether oxygens (including phenoxy) is 2. The van der Waals surface area contributed by atoms with Crippen LogP contribution in [0.25, 0.3) is 0 Å². The Morgan fingerprint density at radius 1 is 1.10 bits per heavy atom. The summed E-state index contributed by atoms with van der Waals surface area (Å²) in [6.45, 7) is 5.21. The number of nitro groups is 1. The zero-order valence-electron chi connectivity index (χ0n) is 17.4. The molecule has 3 unspecified atom stereocenters. The Bertz CT molecular complexity index is 830. The number of carbonyl (C=O) groups excluding carboxylic acids is 1. The lowest BCUT2D eigenvalue weighted by atomic mass is 9.97. The Kier molecular flexibility index (Phi) is 7.41. The van der Waals surface area contributed by atoms with Crippen molar-refractivity contribution in [2.24, 2.45) is 0 Å². The maximum Gasteiger partial charge on any atom is 0.338 e. The molecule has 7 nitrogen and oxygen atoms in total. The average Bonchev–Trinajstić information content (AvgIpc) is 2.75. The van der Waals surface area contributed by atoms with E-state index >= 15 is 0 Å². The number of benzene rings is 2. The van der Waals surface area contributed by atoms with Crippen LogP contribution in [0.2, 0.25) is 0 Å². The van der Waals surface area contributed by atoms with Crippen molar-refractivity contribution >= 4 is 11.7 Å². The minimum absolute atomic E-state index is 0.0634. The standard InChI is InChI=1S/C23H28N2O5/c1-17-7-6-8-18(2)24(17)15-22(16-29-21-9-4-3-5-10-21)30-23(26)19-11-13-20(14-12-19)25(27)28/h3-5,9-14,17-18,22H,6-8,15-16H2,1-2H3. The average molecular weight is 412 g/mol. The van der Waals surface area contributed by atoms with Crippen molar-refractivity contribution < 1.29 is 19.2 Å².